The standard InChI is InChI=1S/C32H44N6O6S2/c1-21(35-27(39)23-9-3-4-10-23)31(43)37-17-7-13-25(37)29(41)33-15-19-45-46-20-16-34-30(42)26-14-8-18-38(26)32(44)22(2)36-28(40)24-11-5-6-12-24/h3-6,9-12,21-26H,7-8,13-20H2,1-2H3,(H,33,41)(H,34,42)(H,35,39)(H,36,40)/t21-,22-,25-,26+/m0/s1. The lowest BCUT2D eigenvalue weighted by atomic mass is 10.1. The molecule has 2 saturated heterocycles. The second-order valence-electron chi connectivity index (χ2n) is 11.7. The Morgan fingerprint density at radius 1 is 0.630 bits per heavy atom. The van der Waals surface area contributed by atoms with Crippen molar-refractivity contribution >= 4 is 57.0 Å². The van der Waals surface area contributed by atoms with Gasteiger partial charge in [0.2, 0.25) is 35.4 Å². The van der Waals surface area contributed by atoms with E-state index in [2.05, 4.69) is 21.3 Å². The number of hydrogen-bond donors (Lipinski definition) is 4. The molecule has 0 aromatic carbocycles. The fraction of sp³-hybridized carbons (Fsp3) is 0.562. The molecule has 0 spiro atoms. The zero-order chi connectivity index (χ0) is 33.1. The maximum Gasteiger partial charge on any atom is 0.245 e. The van der Waals surface area contributed by atoms with Crippen molar-refractivity contribution in [2.45, 2.75) is 63.7 Å². The molecule has 46 heavy (non-hydrogen) atoms. The monoisotopic (exact) mass is 672 g/mol. The van der Waals surface area contributed by atoms with Crippen molar-refractivity contribution in [2.75, 3.05) is 37.7 Å². The molecule has 6 amide bonds. The first kappa shape index (κ1) is 35.3. The molecule has 4 N–H and O–H groups in total. The summed E-state index contributed by atoms with van der Waals surface area (Å²) in [5, 5.41) is 11.3. The fourth-order valence-electron chi connectivity index (χ4n) is 5.84. The summed E-state index contributed by atoms with van der Waals surface area (Å²) in [6.45, 7) is 5.13. The summed E-state index contributed by atoms with van der Waals surface area (Å²) in [5.74, 6) is -0.823. The van der Waals surface area contributed by atoms with Crippen LogP contribution in [0.4, 0.5) is 0 Å². The SMILES string of the molecule is C[C@H](NC(=O)C1C=CC=C1)C(=O)N1CCC[C@@H]1C(=O)NCCSSCCNC(=O)[C@@H]1CCCN1C(=O)[C@H](C)NC(=O)C1C=CC=C1. The molecule has 0 aromatic heterocycles. The Bertz CT molecular complexity index is 1170. The van der Waals surface area contributed by atoms with Crippen LogP contribution in [0.5, 0.6) is 0 Å². The number of amides is 6. The third-order valence-corrected chi connectivity index (χ3v) is 10.7. The topological polar surface area (TPSA) is 157 Å². The summed E-state index contributed by atoms with van der Waals surface area (Å²) in [6, 6.07) is -2.54. The highest BCUT2D eigenvalue weighted by molar-refractivity contribution is 8.76. The molecule has 0 saturated carbocycles. The highest BCUT2D eigenvalue weighted by atomic mass is 33.1. The van der Waals surface area contributed by atoms with E-state index in [1.165, 1.54) is 0 Å². The van der Waals surface area contributed by atoms with Gasteiger partial charge in [-0.25, -0.2) is 0 Å². The van der Waals surface area contributed by atoms with Gasteiger partial charge >= 0.3 is 0 Å². The molecular weight excluding hydrogens is 629 g/mol. The summed E-state index contributed by atoms with van der Waals surface area (Å²) in [7, 11) is 3.15. The Kier molecular flexibility index (Phi) is 13.4. The lowest BCUT2D eigenvalue weighted by Crippen LogP contribution is -2.53. The molecule has 2 aliphatic carbocycles. The van der Waals surface area contributed by atoms with Crippen LogP contribution in [0.25, 0.3) is 0 Å². The van der Waals surface area contributed by atoms with Gasteiger partial charge < -0.3 is 31.1 Å². The number of carbonyl (C=O) groups is 6. The van der Waals surface area contributed by atoms with Crippen LogP contribution >= 0.6 is 21.6 Å². The third kappa shape index (κ3) is 9.50. The minimum absolute atomic E-state index is 0.194. The van der Waals surface area contributed by atoms with Crippen molar-refractivity contribution in [3.63, 3.8) is 0 Å². The van der Waals surface area contributed by atoms with Gasteiger partial charge in [-0.05, 0) is 39.5 Å². The smallest absolute Gasteiger partial charge is 0.245 e. The van der Waals surface area contributed by atoms with Gasteiger partial charge in [-0.1, -0.05) is 70.2 Å². The number of rotatable bonds is 15. The van der Waals surface area contributed by atoms with Crippen LogP contribution in [0.15, 0.2) is 48.6 Å². The number of nitrogens with one attached hydrogen (secondary N) is 4. The molecule has 0 aromatic rings. The maximum absolute atomic E-state index is 13.0. The minimum atomic E-state index is -0.721. The van der Waals surface area contributed by atoms with Gasteiger partial charge in [0.1, 0.15) is 24.2 Å². The van der Waals surface area contributed by atoms with E-state index in [0.717, 1.165) is 12.8 Å². The molecule has 4 rings (SSSR count). The Morgan fingerprint density at radius 2 is 1.00 bits per heavy atom. The number of allylic oxidation sites excluding steroid dienone is 4. The van der Waals surface area contributed by atoms with E-state index in [9.17, 15) is 28.8 Å². The summed E-state index contributed by atoms with van der Waals surface area (Å²) in [5.41, 5.74) is 0. The summed E-state index contributed by atoms with van der Waals surface area (Å²) < 4.78 is 0. The zero-order valence-electron chi connectivity index (χ0n) is 26.3. The molecule has 4 atom stereocenters. The van der Waals surface area contributed by atoms with Gasteiger partial charge in [-0.3, -0.25) is 28.8 Å². The molecule has 0 bridgehead atoms. The molecule has 12 nitrogen and oxygen atoms in total. The molecule has 4 aliphatic rings. The molecule has 14 heteroatoms. The quantitative estimate of drug-likeness (QED) is 0.149. The lowest BCUT2D eigenvalue weighted by Gasteiger charge is -2.27. The minimum Gasteiger partial charge on any atom is -0.353 e. The molecule has 2 heterocycles. The number of likely N-dealkylation sites (tertiary alicyclic amines) is 2. The number of nitrogens with zero attached hydrogens (tertiary/aromatic N) is 2. The first-order chi connectivity index (χ1) is 22.2. The second kappa shape index (κ2) is 17.4. The van der Waals surface area contributed by atoms with E-state index in [-0.39, 0.29) is 47.3 Å². The largest absolute Gasteiger partial charge is 0.353 e. The van der Waals surface area contributed by atoms with E-state index >= 15 is 0 Å². The predicted molar refractivity (Wildman–Crippen MR) is 179 cm³/mol. The van der Waals surface area contributed by atoms with Crippen molar-refractivity contribution in [3.05, 3.63) is 48.6 Å². The van der Waals surface area contributed by atoms with Crippen LogP contribution in [0.3, 0.4) is 0 Å². The third-order valence-electron chi connectivity index (χ3n) is 8.29. The Labute approximate surface area is 278 Å². The van der Waals surface area contributed by atoms with E-state index in [1.807, 2.05) is 0 Å². The Hall–Kier alpha value is -3.52. The molecule has 0 unspecified atom stereocenters. The Morgan fingerprint density at radius 3 is 1.37 bits per heavy atom. The maximum atomic E-state index is 13.0. The van der Waals surface area contributed by atoms with Crippen molar-refractivity contribution in [1.29, 1.82) is 0 Å². The van der Waals surface area contributed by atoms with Crippen LogP contribution in [0, 0.1) is 11.8 Å². The van der Waals surface area contributed by atoms with Crippen LogP contribution in [-0.2, 0) is 28.8 Å². The Balaban J connectivity index is 1.08. The first-order valence-electron chi connectivity index (χ1n) is 15.9. The summed E-state index contributed by atoms with van der Waals surface area (Å²) in [6.07, 6.45) is 16.9. The van der Waals surface area contributed by atoms with Crippen LogP contribution in [0.1, 0.15) is 39.5 Å². The van der Waals surface area contributed by atoms with Crippen molar-refractivity contribution in [3.8, 4) is 0 Å². The van der Waals surface area contributed by atoms with Crippen LogP contribution in [-0.4, -0.2) is 107 Å². The van der Waals surface area contributed by atoms with Gasteiger partial charge in [0, 0.05) is 37.7 Å². The molecular formula is C32H44N6O6S2. The molecule has 0 radical (unpaired) electrons. The number of hydrogen-bond acceptors (Lipinski definition) is 8. The lowest BCUT2D eigenvalue weighted by molar-refractivity contribution is -0.141. The van der Waals surface area contributed by atoms with Crippen LogP contribution < -0.4 is 21.3 Å². The van der Waals surface area contributed by atoms with Gasteiger partial charge in [-0.2, -0.15) is 0 Å². The highest BCUT2D eigenvalue weighted by Gasteiger charge is 2.37. The van der Waals surface area contributed by atoms with Gasteiger partial charge in [-0.15, -0.1) is 0 Å². The second-order valence-corrected chi connectivity index (χ2v) is 14.4. The van der Waals surface area contributed by atoms with Gasteiger partial charge in [0.05, 0.1) is 11.8 Å². The molecule has 2 aliphatic heterocycles. The first-order valence-corrected chi connectivity index (χ1v) is 18.4. The number of carbonyl (C=O) groups excluding carboxylic acids is 6. The van der Waals surface area contributed by atoms with E-state index in [4.69, 9.17) is 0 Å². The normalized spacial score (nSPS) is 21.9. The summed E-state index contributed by atoms with van der Waals surface area (Å²) >= 11 is 0. The van der Waals surface area contributed by atoms with Crippen molar-refractivity contribution in [1.82, 2.24) is 31.1 Å². The van der Waals surface area contributed by atoms with Crippen molar-refractivity contribution < 1.29 is 28.8 Å². The van der Waals surface area contributed by atoms with Crippen LogP contribution in [0.2, 0.25) is 0 Å². The van der Waals surface area contributed by atoms with E-state index in [0.29, 0.717) is 50.5 Å². The molecule has 2 fully saturated rings. The van der Waals surface area contributed by atoms with Gasteiger partial charge in [0.25, 0.3) is 0 Å². The highest BCUT2D eigenvalue weighted by Crippen LogP contribution is 2.22. The average molecular weight is 673 g/mol. The van der Waals surface area contributed by atoms with E-state index < -0.39 is 24.2 Å². The summed E-state index contributed by atoms with van der Waals surface area (Å²) in [4.78, 5) is 79.6. The zero-order valence-corrected chi connectivity index (χ0v) is 27.9. The average Bonchev–Trinajstić information content (AvgIpc) is 3.88. The van der Waals surface area contributed by atoms with E-state index in [1.54, 1.807) is 93.8 Å². The molecule has 250 valence electrons. The van der Waals surface area contributed by atoms with Crippen molar-refractivity contribution in [2.24, 2.45) is 11.8 Å². The fourth-order valence-corrected chi connectivity index (χ4v) is 7.66. The predicted octanol–water partition coefficient (Wildman–Crippen LogP) is 1.08. The van der Waals surface area contributed by atoms with Gasteiger partial charge in [0.15, 0.2) is 0 Å².